The van der Waals surface area contributed by atoms with Crippen LogP contribution in [0.15, 0.2) is 36.4 Å². The van der Waals surface area contributed by atoms with Gasteiger partial charge in [-0.25, -0.2) is 0 Å². The van der Waals surface area contributed by atoms with Crippen molar-refractivity contribution in [1.82, 2.24) is 0 Å². The number of fused-ring (bicyclic) bond motifs is 1. The van der Waals surface area contributed by atoms with Gasteiger partial charge in [0.1, 0.15) is 5.75 Å². The molecule has 0 radical (unpaired) electrons. The van der Waals surface area contributed by atoms with Gasteiger partial charge in [0.25, 0.3) is 0 Å². The summed E-state index contributed by atoms with van der Waals surface area (Å²) < 4.78 is 0. The van der Waals surface area contributed by atoms with Crippen LogP contribution in [0, 0.1) is 0 Å². The van der Waals surface area contributed by atoms with Crippen molar-refractivity contribution in [3.05, 3.63) is 42.0 Å². The molecule has 0 spiro atoms. The topological polar surface area (TPSA) is 66.5 Å². The zero-order chi connectivity index (χ0) is 11.5. The number of aromatic hydroxyl groups is 1. The van der Waals surface area contributed by atoms with Gasteiger partial charge in [-0.1, -0.05) is 30.3 Å². The second-order valence-corrected chi connectivity index (χ2v) is 3.84. The number of rotatable bonds is 3. The second-order valence-electron chi connectivity index (χ2n) is 3.84. The summed E-state index contributed by atoms with van der Waals surface area (Å²) >= 11 is 0. The lowest BCUT2D eigenvalue weighted by Gasteiger charge is -2.14. The standard InChI is InChI=1S/C13H15NO2.ClH/c14-12(7-8-15)10-5-6-13(16)11-4-2-1-3-9(10)11;/h1-6,12,15-16H,7-8,14H2;1H/t12-;/m0./s1. The van der Waals surface area contributed by atoms with Crippen LogP contribution in [0.3, 0.4) is 0 Å². The van der Waals surface area contributed by atoms with E-state index in [0.717, 1.165) is 16.3 Å². The van der Waals surface area contributed by atoms with Gasteiger partial charge in [0.15, 0.2) is 0 Å². The van der Waals surface area contributed by atoms with Crippen molar-refractivity contribution in [2.75, 3.05) is 6.61 Å². The Hall–Kier alpha value is -1.29. The lowest BCUT2D eigenvalue weighted by molar-refractivity contribution is 0.277. The molecule has 0 aliphatic carbocycles. The SMILES string of the molecule is Cl.N[C@@H](CCO)c1ccc(O)c2ccccc12. The first kappa shape index (κ1) is 13.8. The number of aliphatic hydroxyl groups is 1. The molecule has 3 nitrogen and oxygen atoms in total. The fraction of sp³-hybridized carbons (Fsp3) is 0.231. The summed E-state index contributed by atoms with van der Waals surface area (Å²) in [4.78, 5) is 0. The summed E-state index contributed by atoms with van der Waals surface area (Å²) in [7, 11) is 0. The van der Waals surface area contributed by atoms with Crippen LogP contribution in [0.1, 0.15) is 18.0 Å². The van der Waals surface area contributed by atoms with E-state index in [1.807, 2.05) is 30.3 Å². The van der Waals surface area contributed by atoms with Crippen molar-refractivity contribution >= 4 is 23.2 Å². The Kier molecular flexibility index (Phi) is 4.75. The van der Waals surface area contributed by atoms with E-state index in [1.54, 1.807) is 6.07 Å². The van der Waals surface area contributed by atoms with Gasteiger partial charge in [-0.15, -0.1) is 12.4 Å². The summed E-state index contributed by atoms with van der Waals surface area (Å²) in [5.41, 5.74) is 6.94. The molecule has 0 amide bonds. The molecule has 0 fully saturated rings. The number of hydrogen-bond donors (Lipinski definition) is 3. The number of phenolic OH excluding ortho intramolecular Hbond substituents is 1. The van der Waals surface area contributed by atoms with Crippen molar-refractivity contribution in [3.8, 4) is 5.75 Å². The van der Waals surface area contributed by atoms with E-state index in [4.69, 9.17) is 10.8 Å². The number of aliphatic hydroxyl groups excluding tert-OH is 1. The quantitative estimate of drug-likeness (QED) is 0.787. The van der Waals surface area contributed by atoms with Crippen LogP contribution in [0.5, 0.6) is 5.75 Å². The first-order valence-electron chi connectivity index (χ1n) is 5.31. The number of nitrogens with two attached hydrogens (primary N) is 1. The molecule has 4 N–H and O–H groups in total. The van der Waals surface area contributed by atoms with E-state index in [0.29, 0.717) is 6.42 Å². The van der Waals surface area contributed by atoms with Gasteiger partial charge in [0.05, 0.1) is 0 Å². The molecule has 0 saturated heterocycles. The van der Waals surface area contributed by atoms with Crippen LogP contribution >= 0.6 is 12.4 Å². The average Bonchev–Trinajstić information content (AvgIpc) is 2.30. The summed E-state index contributed by atoms with van der Waals surface area (Å²) in [6.45, 7) is 0.0658. The van der Waals surface area contributed by atoms with Gasteiger partial charge >= 0.3 is 0 Å². The number of benzene rings is 2. The Morgan fingerprint density at radius 1 is 1.06 bits per heavy atom. The van der Waals surface area contributed by atoms with Gasteiger partial charge in [-0.05, 0) is 23.4 Å². The molecular weight excluding hydrogens is 238 g/mol. The lowest BCUT2D eigenvalue weighted by Crippen LogP contribution is -2.12. The van der Waals surface area contributed by atoms with E-state index in [2.05, 4.69) is 0 Å². The van der Waals surface area contributed by atoms with E-state index >= 15 is 0 Å². The van der Waals surface area contributed by atoms with Crippen molar-refractivity contribution in [2.24, 2.45) is 5.73 Å². The van der Waals surface area contributed by atoms with Crippen molar-refractivity contribution in [2.45, 2.75) is 12.5 Å². The number of hydrogen-bond acceptors (Lipinski definition) is 3. The molecule has 0 unspecified atom stereocenters. The largest absolute Gasteiger partial charge is 0.507 e. The summed E-state index contributed by atoms with van der Waals surface area (Å²) in [6.07, 6.45) is 0.523. The fourth-order valence-electron chi connectivity index (χ4n) is 1.92. The Bertz CT molecular complexity index is 502. The molecular formula is C13H16ClNO2. The third kappa shape index (κ3) is 2.69. The highest BCUT2D eigenvalue weighted by atomic mass is 35.5. The third-order valence-electron chi connectivity index (χ3n) is 2.77. The van der Waals surface area contributed by atoms with E-state index in [-0.39, 0.29) is 30.8 Å². The molecule has 0 aliphatic rings. The average molecular weight is 254 g/mol. The summed E-state index contributed by atoms with van der Waals surface area (Å²) in [6, 6.07) is 10.9. The smallest absolute Gasteiger partial charge is 0.123 e. The molecule has 2 rings (SSSR count). The van der Waals surface area contributed by atoms with Gasteiger partial charge in [0.2, 0.25) is 0 Å². The zero-order valence-electron chi connectivity index (χ0n) is 9.34. The van der Waals surface area contributed by atoms with Gasteiger partial charge in [-0.3, -0.25) is 0 Å². The Morgan fingerprint density at radius 3 is 2.35 bits per heavy atom. The Morgan fingerprint density at radius 2 is 1.71 bits per heavy atom. The number of halogens is 1. The van der Waals surface area contributed by atoms with Gasteiger partial charge in [0, 0.05) is 18.0 Å². The molecule has 92 valence electrons. The molecule has 2 aromatic carbocycles. The predicted molar refractivity (Wildman–Crippen MR) is 71.5 cm³/mol. The molecule has 2 aromatic rings. The molecule has 0 aliphatic heterocycles. The second kappa shape index (κ2) is 5.87. The monoisotopic (exact) mass is 253 g/mol. The van der Waals surface area contributed by atoms with Gasteiger partial charge in [-0.2, -0.15) is 0 Å². The van der Waals surface area contributed by atoms with Crippen LogP contribution in [0.2, 0.25) is 0 Å². The third-order valence-corrected chi connectivity index (χ3v) is 2.77. The van der Waals surface area contributed by atoms with Crippen molar-refractivity contribution < 1.29 is 10.2 Å². The maximum atomic E-state index is 9.72. The Balaban J connectivity index is 0.00000144. The molecule has 0 saturated carbocycles. The molecule has 4 heteroatoms. The van der Waals surface area contributed by atoms with Crippen molar-refractivity contribution in [3.63, 3.8) is 0 Å². The van der Waals surface area contributed by atoms with Crippen LogP contribution < -0.4 is 5.73 Å². The first-order chi connectivity index (χ1) is 7.74. The molecule has 0 heterocycles. The lowest BCUT2D eigenvalue weighted by atomic mass is 9.97. The highest BCUT2D eigenvalue weighted by Gasteiger charge is 2.10. The highest BCUT2D eigenvalue weighted by Crippen LogP contribution is 2.30. The molecule has 0 bridgehead atoms. The van der Waals surface area contributed by atoms with Crippen LogP contribution in [-0.2, 0) is 0 Å². The normalized spacial score (nSPS) is 12.1. The number of phenols is 1. The predicted octanol–water partition coefficient (Wildman–Crippen LogP) is 2.35. The zero-order valence-corrected chi connectivity index (χ0v) is 10.2. The minimum Gasteiger partial charge on any atom is -0.507 e. The fourth-order valence-corrected chi connectivity index (χ4v) is 1.92. The van der Waals surface area contributed by atoms with Crippen LogP contribution in [0.4, 0.5) is 0 Å². The van der Waals surface area contributed by atoms with E-state index in [9.17, 15) is 5.11 Å². The minimum atomic E-state index is -0.199. The molecule has 0 aromatic heterocycles. The summed E-state index contributed by atoms with van der Waals surface area (Å²) in [5, 5.41) is 20.4. The maximum Gasteiger partial charge on any atom is 0.123 e. The van der Waals surface area contributed by atoms with Crippen LogP contribution in [-0.4, -0.2) is 16.8 Å². The first-order valence-corrected chi connectivity index (χ1v) is 5.31. The van der Waals surface area contributed by atoms with Gasteiger partial charge < -0.3 is 15.9 Å². The minimum absolute atomic E-state index is 0. The maximum absolute atomic E-state index is 9.72. The highest BCUT2D eigenvalue weighted by molar-refractivity contribution is 5.91. The molecule has 1 atom stereocenters. The van der Waals surface area contributed by atoms with Crippen LogP contribution in [0.25, 0.3) is 10.8 Å². The summed E-state index contributed by atoms with van der Waals surface area (Å²) in [5.74, 6) is 0.260. The Labute approximate surface area is 106 Å². The van der Waals surface area contributed by atoms with Crippen molar-refractivity contribution in [1.29, 1.82) is 0 Å². The molecule has 17 heavy (non-hydrogen) atoms. The van der Waals surface area contributed by atoms with E-state index in [1.165, 1.54) is 0 Å². The van der Waals surface area contributed by atoms with E-state index < -0.39 is 0 Å².